The normalized spacial score (nSPS) is 12.4. The number of benzene rings is 1. The number of hydrogen-bond acceptors (Lipinski definition) is 3. The van der Waals surface area contributed by atoms with Gasteiger partial charge in [-0.2, -0.15) is 0 Å². The fourth-order valence-electron chi connectivity index (χ4n) is 1.15. The average Bonchev–Trinajstić information content (AvgIpc) is 2.19. The Labute approximate surface area is 82.5 Å². The summed E-state index contributed by atoms with van der Waals surface area (Å²) < 4.78 is 0. The summed E-state index contributed by atoms with van der Waals surface area (Å²) in [6.07, 6.45) is 0.347. The summed E-state index contributed by atoms with van der Waals surface area (Å²) in [5.41, 5.74) is 12.8. The van der Waals surface area contributed by atoms with E-state index in [9.17, 15) is 4.79 Å². The van der Waals surface area contributed by atoms with E-state index in [-0.39, 0.29) is 0 Å². The summed E-state index contributed by atoms with van der Waals surface area (Å²) in [7, 11) is 0. The predicted molar refractivity (Wildman–Crippen MR) is 53.6 cm³/mol. The maximum Gasteiger partial charge on any atom is 0.320 e. The van der Waals surface area contributed by atoms with Crippen molar-refractivity contribution in [3.63, 3.8) is 0 Å². The molecule has 76 valence electrons. The zero-order valence-corrected chi connectivity index (χ0v) is 7.81. The topological polar surface area (TPSA) is 89.3 Å². The molecule has 5 N–H and O–H groups in total. The fourth-order valence-corrected chi connectivity index (χ4v) is 1.15. The first-order chi connectivity index (χ1) is 6.63. The van der Waals surface area contributed by atoms with E-state index in [1.165, 1.54) is 0 Å². The largest absolute Gasteiger partial charge is 0.480 e. The van der Waals surface area contributed by atoms with Gasteiger partial charge in [0, 0.05) is 6.54 Å². The molecular weight excluding hydrogens is 180 g/mol. The Morgan fingerprint density at radius 1 is 1.29 bits per heavy atom. The summed E-state index contributed by atoms with van der Waals surface area (Å²) in [4.78, 5) is 10.5. The van der Waals surface area contributed by atoms with Crippen LogP contribution in [0, 0.1) is 0 Å². The first-order valence-electron chi connectivity index (χ1n) is 4.39. The Kier molecular flexibility index (Phi) is 3.62. The number of aliphatic carboxylic acids is 1. The Balaban J connectivity index is 2.64. The highest BCUT2D eigenvalue weighted by Crippen LogP contribution is 2.05. The zero-order valence-electron chi connectivity index (χ0n) is 7.81. The standard InChI is InChI=1S/C10H14N2O2/c11-6-8-3-1-7(2-4-8)5-9(12)10(13)14/h1-4,9H,5-6,11-12H2,(H,13,14)/t9-/m1/s1. The van der Waals surface area contributed by atoms with Gasteiger partial charge >= 0.3 is 5.97 Å². The monoisotopic (exact) mass is 194 g/mol. The van der Waals surface area contributed by atoms with E-state index in [0.717, 1.165) is 11.1 Å². The maximum atomic E-state index is 10.5. The number of carboxylic acid groups (broad SMARTS) is 1. The first kappa shape index (κ1) is 10.7. The van der Waals surface area contributed by atoms with Gasteiger partial charge in [0.1, 0.15) is 6.04 Å². The summed E-state index contributed by atoms with van der Waals surface area (Å²) in [5.74, 6) is -0.979. The molecule has 1 atom stereocenters. The second kappa shape index (κ2) is 4.74. The van der Waals surface area contributed by atoms with Crippen molar-refractivity contribution in [1.82, 2.24) is 0 Å². The molecule has 0 unspecified atom stereocenters. The van der Waals surface area contributed by atoms with Gasteiger partial charge in [0.2, 0.25) is 0 Å². The van der Waals surface area contributed by atoms with Crippen molar-refractivity contribution in [3.05, 3.63) is 35.4 Å². The molecule has 0 aliphatic carbocycles. The van der Waals surface area contributed by atoms with Crippen LogP contribution in [0.15, 0.2) is 24.3 Å². The van der Waals surface area contributed by atoms with Crippen LogP contribution in [-0.4, -0.2) is 17.1 Å². The van der Waals surface area contributed by atoms with Crippen LogP contribution in [0.3, 0.4) is 0 Å². The number of rotatable bonds is 4. The van der Waals surface area contributed by atoms with Crippen molar-refractivity contribution < 1.29 is 9.90 Å². The highest BCUT2D eigenvalue weighted by atomic mass is 16.4. The van der Waals surface area contributed by atoms with Crippen molar-refractivity contribution in [2.24, 2.45) is 11.5 Å². The van der Waals surface area contributed by atoms with Crippen LogP contribution >= 0.6 is 0 Å². The Morgan fingerprint density at radius 3 is 2.21 bits per heavy atom. The number of nitrogens with two attached hydrogens (primary N) is 2. The molecule has 0 radical (unpaired) electrons. The van der Waals surface area contributed by atoms with Gasteiger partial charge in [0.15, 0.2) is 0 Å². The zero-order chi connectivity index (χ0) is 10.6. The molecular formula is C10H14N2O2. The van der Waals surface area contributed by atoms with Crippen LogP contribution < -0.4 is 11.5 Å². The van der Waals surface area contributed by atoms with Crippen LogP contribution in [0.5, 0.6) is 0 Å². The Morgan fingerprint density at radius 2 is 1.79 bits per heavy atom. The minimum absolute atomic E-state index is 0.347. The summed E-state index contributed by atoms with van der Waals surface area (Å²) in [5, 5.41) is 8.60. The molecule has 14 heavy (non-hydrogen) atoms. The summed E-state index contributed by atoms with van der Waals surface area (Å²) >= 11 is 0. The lowest BCUT2D eigenvalue weighted by molar-refractivity contribution is -0.138. The first-order valence-corrected chi connectivity index (χ1v) is 4.39. The molecule has 0 saturated heterocycles. The van der Waals surface area contributed by atoms with Gasteiger partial charge in [0.05, 0.1) is 0 Å². The van der Waals surface area contributed by atoms with Gasteiger partial charge in [0.25, 0.3) is 0 Å². The van der Waals surface area contributed by atoms with E-state index in [0.29, 0.717) is 13.0 Å². The Bertz CT molecular complexity index is 308. The molecule has 0 aliphatic rings. The van der Waals surface area contributed by atoms with Crippen LogP contribution in [0.1, 0.15) is 11.1 Å². The summed E-state index contributed by atoms with van der Waals surface area (Å²) in [6, 6.07) is 6.63. The van der Waals surface area contributed by atoms with Crippen molar-refractivity contribution >= 4 is 5.97 Å². The van der Waals surface area contributed by atoms with Crippen molar-refractivity contribution in [2.75, 3.05) is 0 Å². The molecule has 0 fully saturated rings. The number of carbonyl (C=O) groups is 1. The Hall–Kier alpha value is -1.39. The SMILES string of the molecule is NCc1ccc(C[C@@H](N)C(=O)O)cc1. The van der Waals surface area contributed by atoms with Crippen molar-refractivity contribution in [2.45, 2.75) is 19.0 Å². The molecule has 0 amide bonds. The molecule has 4 nitrogen and oxygen atoms in total. The third-order valence-corrected chi connectivity index (χ3v) is 2.03. The quantitative estimate of drug-likeness (QED) is 0.634. The van der Waals surface area contributed by atoms with Crippen molar-refractivity contribution in [3.8, 4) is 0 Å². The summed E-state index contributed by atoms with van der Waals surface area (Å²) in [6.45, 7) is 0.491. The minimum Gasteiger partial charge on any atom is -0.480 e. The molecule has 1 aromatic rings. The average molecular weight is 194 g/mol. The highest BCUT2D eigenvalue weighted by molar-refractivity contribution is 5.73. The smallest absolute Gasteiger partial charge is 0.320 e. The number of hydrogen-bond donors (Lipinski definition) is 3. The molecule has 4 heteroatoms. The molecule has 0 saturated carbocycles. The van der Waals surface area contributed by atoms with E-state index in [4.69, 9.17) is 16.6 Å². The van der Waals surface area contributed by atoms with Gasteiger partial charge in [-0.1, -0.05) is 24.3 Å². The highest BCUT2D eigenvalue weighted by Gasteiger charge is 2.11. The molecule has 0 spiro atoms. The molecule has 1 aromatic carbocycles. The van der Waals surface area contributed by atoms with E-state index >= 15 is 0 Å². The van der Waals surface area contributed by atoms with Gasteiger partial charge in [-0.05, 0) is 17.5 Å². The fraction of sp³-hybridized carbons (Fsp3) is 0.300. The molecule has 0 aliphatic heterocycles. The minimum atomic E-state index is -0.979. The second-order valence-electron chi connectivity index (χ2n) is 3.17. The molecule has 0 aromatic heterocycles. The predicted octanol–water partition coefficient (Wildman–Crippen LogP) is 0.0997. The van der Waals surface area contributed by atoms with Crippen molar-refractivity contribution in [1.29, 1.82) is 0 Å². The van der Waals surface area contributed by atoms with E-state index in [1.54, 1.807) is 0 Å². The van der Waals surface area contributed by atoms with Gasteiger partial charge in [-0.25, -0.2) is 0 Å². The van der Waals surface area contributed by atoms with E-state index in [2.05, 4.69) is 0 Å². The van der Waals surface area contributed by atoms with Crippen LogP contribution in [0.2, 0.25) is 0 Å². The van der Waals surface area contributed by atoms with Gasteiger partial charge in [-0.15, -0.1) is 0 Å². The van der Waals surface area contributed by atoms with Crippen LogP contribution in [-0.2, 0) is 17.8 Å². The van der Waals surface area contributed by atoms with E-state index in [1.807, 2.05) is 24.3 Å². The van der Waals surface area contributed by atoms with Crippen LogP contribution in [0.4, 0.5) is 0 Å². The number of carboxylic acids is 1. The lowest BCUT2D eigenvalue weighted by Gasteiger charge is -2.06. The van der Waals surface area contributed by atoms with Gasteiger partial charge in [-0.3, -0.25) is 4.79 Å². The molecule has 0 heterocycles. The molecule has 0 bridgehead atoms. The van der Waals surface area contributed by atoms with E-state index < -0.39 is 12.0 Å². The lowest BCUT2D eigenvalue weighted by Crippen LogP contribution is -2.32. The maximum absolute atomic E-state index is 10.5. The molecule has 1 rings (SSSR count). The van der Waals surface area contributed by atoms with Gasteiger partial charge < -0.3 is 16.6 Å². The third kappa shape index (κ3) is 2.83. The second-order valence-corrected chi connectivity index (χ2v) is 3.17. The third-order valence-electron chi connectivity index (χ3n) is 2.03. The lowest BCUT2D eigenvalue weighted by atomic mass is 10.0. The van der Waals surface area contributed by atoms with Crippen LogP contribution in [0.25, 0.3) is 0 Å².